The van der Waals surface area contributed by atoms with Crippen LogP contribution in [0.15, 0.2) is 0 Å². The molecule has 1 saturated heterocycles. The maximum Gasteiger partial charge on any atom is 0.128 e. The van der Waals surface area contributed by atoms with E-state index in [0.717, 1.165) is 54.8 Å². The van der Waals surface area contributed by atoms with E-state index >= 15 is 0 Å². The number of aromatic nitrogens is 1. The molecule has 0 radical (unpaired) electrons. The largest absolute Gasteiger partial charge is 0.301 e. The SMILES string of the molecule is CCN1CCN(Cc2nc(C(C)C)c(C#N)s2)CC1. The topological polar surface area (TPSA) is 43.2 Å². The fourth-order valence-corrected chi connectivity index (χ4v) is 3.43. The third kappa shape index (κ3) is 3.53. The van der Waals surface area contributed by atoms with Crippen LogP contribution in [0.1, 0.15) is 42.3 Å². The average Bonchev–Trinajstić information content (AvgIpc) is 2.83. The highest BCUT2D eigenvalue weighted by molar-refractivity contribution is 7.12. The van der Waals surface area contributed by atoms with Gasteiger partial charge in [0.2, 0.25) is 0 Å². The zero-order valence-corrected chi connectivity index (χ0v) is 12.8. The molecule has 1 fully saturated rings. The molecule has 0 unspecified atom stereocenters. The molecule has 5 heteroatoms. The molecule has 1 aliphatic heterocycles. The summed E-state index contributed by atoms with van der Waals surface area (Å²) in [7, 11) is 0. The predicted molar refractivity (Wildman–Crippen MR) is 78.3 cm³/mol. The maximum atomic E-state index is 9.15. The van der Waals surface area contributed by atoms with Gasteiger partial charge < -0.3 is 4.90 Å². The molecule has 2 heterocycles. The molecule has 1 aliphatic rings. The second-order valence-corrected chi connectivity index (χ2v) is 6.38. The molecule has 0 N–H and O–H groups in total. The summed E-state index contributed by atoms with van der Waals surface area (Å²) in [5, 5.41) is 10.2. The van der Waals surface area contributed by atoms with Gasteiger partial charge in [0.1, 0.15) is 16.0 Å². The standard InChI is InChI=1S/C14H22N4S/c1-4-17-5-7-18(8-6-17)10-13-16-14(11(2)3)12(9-15)19-13/h11H,4-8,10H2,1-3H3. The first-order chi connectivity index (χ1) is 9.13. The van der Waals surface area contributed by atoms with Crippen LogP contribution in [-0.2, 0) is 6.54 Å². The summed E-state index contributed by atoms with van der Waals surface area (Å²) in [4.78, 5) is 10.4. The average molecular weight is 278 g/mol. The summed E-state index contributed by atoms with van der Waals surface area (Å²) in [6.07, 6.45) is 0. The predicted octanol–water partition coefficient (Wildman–Crippen LogP) is 2.28. The number of piperazine rings is 1. The van der Waals surface area contributed by atoms with Gasteiger partial charge in [0.15, 0.2) is 0 Å². The number of thiazole rings is 1. The lowest BCUT2D eigenvalue weighted by Gasteiger charge is -2.33. The van der Waals surface area contributed by atoms with Gasteiger partial charge in [-0.2, -0.15) is 5.26 Å². The van der Waals surface area contributed by atoms with Crippen LogP contribution in [0.5, 0.6) is 0 Å². The molecule has 2 rings (SSSR count). The van der Waals surface area contributed by atoms with E-state index in [1.165, 1.54) is 0 Å². The first kappa shape index (κ1) is 14.4. The van der Waals surface area contributed by atoms with Gasteiger partial charge in [-0.1, -0.05) is 20.8 Å². The zero-order valence-electron chi connectivity index (χ0n) is 12.0. The minimum atomic E-state index is 0.330. The molecule has 4 nitrogen and oxygen atoms in total. The number of hydrogen-bond donors (Lipinski definition) is 0. The van der Waals surface area contributed by atoms with Gasteiger partial charge in [0.05, 0.1) is 12.2 Å². The molecular formula is C14H22N4S. The van der Waals surface area contributed by atoms with Crippen molar-refractivity contribution in [1.82, 2.24) is 14.8 Å². The summed E-state index contributed by atoms with van der Waals surface area (Å²) in [6, 6.07) is 2.28. The highest BCUT2D eigenvalue weighted by Crippen LogP contribution is 2.25. The van der Waals surface area contributed by atoms with E-state index in [-0.39, 0.29) is 0 Å². The Kier molecular flexibility index (Phi) is 4.92. The van der Waals surface area contributed by atoms with Crippen LogP contribution in [0.3, 0.4) is 0 Å². The molecule has 0 aromatic carbocycles. The highest BCUT2D eigenvalue weighted by atomic mass is 32.1. The van der Waals surface area contributed by atoms with Crippen molar-refractivity contribution in [3.8, 4) is 6.07 Å². The first-order valence-electron chi connectivity index (χ1n) is 6.98. The molecule has 0 bridgehead atoms. The highest BCUT2D eigenvalue weighted by Gasteiger charge is 2.19. The Morgan fingerprint density at radius 2 is 1.89 bits per heavy atom. The quantitative estimate of drug-likeness (QED) is 0.847. The van der Waals surface area contributed by atoms with Crippen molar-refractivity contribution in [3.05, 3.63) is 15.6 Å². The second kappa shape index (κ2) is 6.47. The van der Waals surface area contributed by atoms with Gasteiger partial charge in [-0.05, 0) is 12.5 Å². The van der Waals surface area contributed by atoms with Crippen molar-refractivity contribution in [2.45, 2.75) is 33.2 Å². The van der Waals surface area contributed by atoms with E-state index in [1.807, 2.05) is 0 Å². The van der Waals surface area contributed by atoms with Gasteiger partial charge in [-0.25, -0.2) is 4.98 Å². The maximum absolute atomic E-state index is 9.15. The molecule has 1 aromatic heterocycles. The van der Waals surface area contributed by atoms with E-state index in [2.05, 4.69) is 41.6 Å². The van der Waals surface area contributed by atoms with Crippen LogP contribution < -0.4 is 0 Å². The Morgan fingerprint density at radius 1 is 1.26 bits per heavy atom. The zero-order chi connectivity index (χ0) is 13.8. The monoisotopic (exact) mass is 278 g/mol. The lowest BCUT2D eigenvalue weighted by molar-refractivity contribution is 0.132. The van der Waals surface area contributed by atoms with Crippen molar-refractivity contribution in [2.24, 2.45) is 0 Å². The Labute approximate surface area is 119 Å². The molecule has 0 saturated carbocycles. The smallest absolute Gasteiger partial charge is 0.128 e. The van der Waals surface area contributed by atoms with Crippen LogP contribution in [0, 0.1) is 11.3 Å². The summed E-state index contributed by atoms with van der Waals surface area (Å²) in [5.41, 5.74) is 0.967. The number of rotatable bonds is 4. The van der Waals surface area contributed by atoms with Crippen LogP contribution in [0.2, 0.25) is 0 Å². The van der Waals surface area contributed by atoms with Crippen molar-refractivity contribution in [2.75, 3.05) is 32.7 Å². The lowest BCUT2D eigenvalue weighted by atomic mass is 10.1. The van der Waals surface area contributed by atoms with Crippen LogP contribution in [0.4, 0.5) is 0 Å². The number of nitrogens with zero attached hydrogens (tertiary/aromatic N) is 4. The normalized spacial score (nSPS) is 17.8. The molecule has 0 spiro atoms. The molecule has 1 aromatic rings. The summed E-state index contributed by atoms with van der Waals surface area (Å²) < 4.78 is 0. The lowest BCUT2D eigenvalue weighted by Crippen LogP contribution is -2.45. The molecule has 0 amide bonds. The third-order valence-corrected chi connectivity index (χ3v) is 4.58. The van der Waals surface area contributed by atoms with E-state index in [9.17, 15) is 0 Å². The fourth-order valence-electron chi connectivity index (χ4n) is 2.37. The van der Waals surface area contributed by atoms with Gasteiger partial charge in [-0.15, -0.1) is 11.3 Å². The molecule has 0 aliphatic carbocycles. The van der Waals surface area contributed by atoms with Crippen molar-refractivity contribution < 1.29 is 0 Å². The van der Waals surface area contributed by atoms with Gasteiger partial charge in [0.25, 0.3) is 0 Å². The summed E-state index contributed by atoms with van der Waals surface area (Å²) in [5.74, 6) is 0.330. The van der Waals surface area contributed by atoms with Gasteiger partial charge in [0, 0.05) is 26.2 Å². The van der Waals surface area contributed by atoms with Crippen LogP contribution >= 0.6 is 11.3 Å². The molecule has 0 atom stereocenters. The van der Waals surface area contributed by atoms with E-state index in [4.69, 9.17) is 5.26 Å². The van der Waals surface area contributed by atoms with E-state index in [1.54, 1.807) is 11.3 Å². The summed E-state index contributed by atoms with van der Waals surface area (Å²) >= 11 is 1.56. The third-order valence-electron chi connectivity index (χ3n) is 3.62. The Morgan fingerprint density at radius 3 is 2.37 bits per heavy atom. The minimum Gasteiger partial charge on any atom is -0.301 e. The van der Waals surface area contributed by atoms with Crippen LogP contribution in [-0.4, -0.2) is 47.5 Å². The van der Waals surface area contributed by atoms with Crippen molar-refractivity contribution in [3.63, 3.8) is 0 Å². The van der Waals surface area contributed by atoms with E-state index < -0.39 is 0 Å². The van der Waals surface area contributed by atoms with Gasteiger partial charge >= 0.3 is 0 Å². The summed E-state index contributed by atoms with van der Waals surface area (Å²) in [6.45, 7) is 12.9. The molecule has 19 heavy (non-hydrogen) atoms. The van der Waals surface area contributed by atoms with Crippen molar-refractivity contribution in [1.29, 1.82) is 5.26 Å². The Balaban J connectivity index is 1.99. The van der Waals surface area contributed by atoms with Crippen molar-refractivity contribution >= 4 is 11.3 Å². The fraction of sp³-hybridized carbons (Fsp3) is 0.714. The number of hydrogen-bond acceptors (Lipinski definition) is 5. The Bertz CT molecular complexity index is 453. The number of nitriles is 1. The van der Waals surface area contributed by atoms with E-state index in [0.29, 0.717) is 5.92 Å². The second-order valence-electron chi connectivity index (χ2n) is 5.30. The molecular weight excluding hydrogens is 256 g/mol. The number of likely N-dealkylation sites (N-methyl/N-ethyl adjacent to an activating group) is 1. The first-order valence-corrected chi connectivity index (χ1v) is 7.80. The van der Waals surface area contributed by atoms with Crippen LogP contribution in [0.25, 0.3) is 0 Å². The molecule has 104 valence electrons. The Hall–Kier alpha value is -0.960. The minimum absolute atomic E-state index is 0.330. The van der Waals surface area contributed by atoms with Gasteiger partial charge in [-0.3, -0.25) is 4.90 Å².